The van der Waals surface area contributed by atoms with E-state index in [1.165, 1.54) is 0 Å². The molecule has 0 radical (unpaired) electrons. The first-order valence-corrected chi connectivity index (χ1v) is 7.11. The van der Waals surface area contributed by atoms with Crippen LogP contribution in [-0.2, 0) is 0 Å². The van der Waals surface area contributed by atoms with Gasteiger partial charge in [0.05, 0.1) is 6.04 Å². The second kappa shape index (κ2) is 6.02. The molecule has 0 aliphatic heterocycles. The number of nitrogens with zero attached hydrogens (tertiary/aromatic N) is 1. The molecule has 2 nitrogen and oxygen atoms in total. The van der Waals surface area contributed by atoms with Crippen LogP contribution in [0.15, 0.2) is 60.9 Å². The number of rotatable bonds is 4. The summed E-state index contributed by atoms with van der Waals surface area (Å²) in [5.41, 5.74) is 2.15. The van der Waals surface area contributed by atoms with Crippen LogP contribution in [0.4, 0.5) is 4.39 Å². The van der Waals surface area contributed by atoms with Gasteiger partial charge >= 0.3 is 0 Å². The number of benzene rings is 2. The van der Waals surface area contributed by atoms with Crippen molar-refractivity contribution < 1.29 is 4.39 Å². The molecule has 1 aromatic heterocycles. The molecule has 1 heterocycles. The summed E-state index contributed by atoms with van der Waals surface area (Å²) in [6.07, 6.45) is 3.61. The summed E-state index contributed by atoms with van der Waals surface area (Å²) in [6.45, 7) is 2.89. The lowest BCUT2D eigenvalue weighted by Gasteiger charge is -2.20. The Morgan fingerprint density at radius 2 is 1.86 bits per heavy atom. The second-order valence-corrected chi connectivity index (χ2v) is 4.96. The van der Waals surface area contributed by atoms with Gasteiger partial charge in [-0.2, -0.15) is 0 Å². The zero-order valence-corrected chi connectivity index (χ0v) is 11.9. The first kappa shape index (κ1) is 13.7. The van der Waals surface area contributed by atoms with Crippen LogP contribution in [-0.4, -0.2) is 11.5 Å². The Morgan fingerprint density at radius 1 is 1.05 bits per heavy atom. The molecule has 2 aromatic carbocycles. The topological polar surface area (TPSA) is 24.9 Å². The fourth-order valence-electron chi connectivity index (χ4n) is 2.70. The van der Waals surface area contributed by atoms with E-state index in [0.717, 1.165) is 23.1 Å². The largest absolute Gasteiger partial charge is 0.306 e. The van der Waals surface area contributed by atoms with Gasteiger partial charge in [0.15, 0.2) is 0 Å². The van der Waals surface area contributed by atoms with E-state index in [1.54, 1.807) is 12.3 Å². The van der Waals surface area contributed by atoms with Crippen LogP contribution in [0.1, 0.15) is 24.1 Å². The third-order valence-electron chi connectivity index (χ3n) is 3.64. The monoisotopic (exact) mass is 280 g/mol. The highest BCUT2D eigenvalue weighted by Gasteiger charge is 2.16. The first-order chi connectivity index (χ1) is 10.3. The number of fused-ring (bicyclic) bond motifs is 1. The van der Waals surface area contributed by atoms with Crippen LogP contribution in [0, 0.1) is 5.82 Å². The molecule has 3 heteroatoms. The molecular weight excluding hydrogens is 263 g/mol. The van der Waals surface area contributed by atoms with Crippen molar-refractivity contribution in [2.24, 2.45) is 0 Å². The number of hydrogen-bond acceptors (Lipinski definition) is 2. The third-order valence-corrected chi connectivity index (χ3v) is 3.64. The van der Waals surface area contributed by atoms with Crippen LogP contribution in [0.25, 0.3) is 10.8 Å². The Bertz CT molecular complexity index is 741. The number of nitrogens with one attached hydrogen (secondary N) is 1. The minimum absolute atomic E-state index is 0.00852. The van der Waals surface area contributed by atoms with Gasteiger partial charge in [0.2, 0.25) is 0 Å². The Morgan fingerprint density at radius 3 is 2.57 bits per heavy atom. The minimum Gasteiger partial charge on any atom is -0.306 e. The minimum atomic E-state index is -0.184. The number of aromatic nitrogens is 1. The van der Waals surface area contributed by atoms with Crippen molar-refractivity contribution in [1.29, 1.82) is 0 Å². The Balaban J connectivity index is 2.19. The molecule has 0 fully saturated rings. The van der Waals surface area contributed by atoms with Crippen LogP contribution in [0.3, 0.4) is 0 Å². The van der Waals surface area contributed by atoms with Gasteiger partial charge in [-0.3, -0.25) is 4.98 Å². The highest BCUT2D eigenvalue weighted by molar-refractivity contribution is 5.87. The lowest BCUT2D eigenvalue weighted by atomic mass is 9.94. The van der Waals surface area contributed by atoms with Gasteiger partial charge in [-0.05, 0) is 35.2 Å². The standard InChI is InChI=1S/C18H17FN2/c1-2-21-18(13-6-5-11-20-12-13)16-9-10-17(19)15-8-4-3-7-14(15)16/h3-12,18,21H,2H2,1H3. The molecule has 1 unspecified atom stereocenters. The van der Waals surface area contributed by atoms with E-state index in [1.807, 2.05) is 48.7 Å². The van der Waals surface area contributed by atoms with Crippen molar-refractivity contribution in [1.82, 2.24) is 10.3 Å². The average Bonchev–Trinajstić information content (AvgIpc) is 2.55. The predicted molar refractivity (Wildman–Crippen MR) is 83.7 cm³/mol. The molecule has 0 aliphatic carbocycles. The van der Waals surface area contributed by atoms with E-state index in [4.69, 9.17) is 0 Å². The molecule has 0 bridgehead atoms. The molecular formula is C18H17FN2. The predicted octanol–water partition coefficient (Wildman–Crippen LogP) is 4.07. The molecule has 0 spiro atoms. The highest BCUT2D eigenvalue weighted by atomic mass is 19.1. The van der Waals surface area contributed by atoms with Crippen molar-refractivity contribution in [2.45, 2.75) is 13.0 Å². The summed E-state index contributed by atoms with van der Waals surface area (Å²) in [5, 5.41) is 5.06. The van der Waals surface area contributed by atoms with Gasteiger partial charge in [-0.15, -0.1) is 0 Å². The van der Waals surface area contributed by atoms with Crippen LogP contribution < -0.4 is 5.32 Å². The van der Waals surface area contributed by atoms with Gasteiger partial charge in [0, 0.05) is 17.8 Å². The number of pyridine rings is 1. The molecule has 1 N–H and O–H groups in total. The number of halogens is 1. The molecule has 0 amide bonds. The molecule has 106 valence electrons. The lowest BCUT2D eigenvalue weighted by Crippen LogP contribution is -2.22. The SMILES string of the molecule is CCNC(c1cccnc1)c1ccc(F)c2ccccc12. The third kappa shape index (κ3) is 2.65. The highest BCUT2D eigenvalue weighted by Crippen LogP contribution is 2.30. The first-order valence-electron chi connectivity index (χ1n) is 7.11. The zero-order valence-electron chi connectivity index (χ0n) is 11.9. The molecule has 1 atom stereocenters. The van der Waals surface area contributed by atoms with Crippen LogP contribution >= 0.6 is 0 Å². The van der Waals surface area contributed by atoms with Crippen LogP contribution in [0.2, 0.25) is 0 Å². The van der Waals surface area contributed by atoms with E-state index < -0.39 is 0 Å². The van der Waals surface area contributed by atoms with Gasteiger partial charge in [0.1, 0.15) is 5.82 Å². The summed E-state index contributed by atoms with van der Waals surface area (Å²) in [4.78, 5) is 4.20. The maximum absolute atomic E-state index is 14.0. The Labute approximate surface area is 123 Å². The summed E-state index contributed by atoms with van der Waals surface area (Å²) in [7, 11) is 0. The van der Waals surface area contributed by atoms with Crippen molar-refractivity contribution in [3.63, 3.8) is 0 Å². The van der Waals surface area contributed by atoms with E-state index in [-0.39, 0.29) is 11.9 Å². The molecule has 3 aromatic rings. The molecule has 0 saturated heterocycles. The molecule has 0 aliphatic rings. The second-order valence-electron chi connectivity index (χ2n) is 4.96. The summed E-state index contributed by atoms with van der Waals surface area (Å²) in [6, 6.07) is 15.0. The summed E-state index contributed by atoms with van der Waals surface area (Å²) in [5.74, 6) is -0.184. The maximum Gasteiger partial charge on any atom is 0.131 e. The van der Waals surface area contributed by atoms with Crippen molar-refractivity contribution in [2.75, 3.05) is 6.54 Å². The maximum atomic E-state index is 14.0. The van der Waals surface area contributed by atoms with Gasteiger partial charge in [-0.25, -0.2) is 4.39 Å². The van der Waals surface area contributed by atoms with Crippen molar-refractivity contribution in [3.05, 3.63) is 77.9 Å². The lowest BCUT2D eigenvalue weighted by molar-refractivity contribution is 0.623. The van der Waals surface area contributed by atoms with E-state index >= 15 is 0 Å². The smallest absolute Gasteiger partial charge is 0.131 e. The number of hydrogen-bond donors (Lipinski definition) is 1. The quantitative estimate of drug-likeness (QED) is 0.779. The fraction of sp³-hybridized carbons (Fsp3) is 0.167. The van der Waals surface area contributed by atoms with Gasteiger partial charge in [0.25, 0.3) is 0 Å². The summed E-state index contributed by atoms with van der Waals surface area (Å²) < 4.78 is 14.0. The van der Waals surface area contributed by atoms with E-state index in [9.17, 15) is 4.39 Å². The average molecular weight is 280 g/mol. The van der Waals surface area contributed by atoms with Gasteiger partial charge < -0.3 is 5.32 Å². The van der Waals surface area contributed by atoms with Crippen molar-refractivity contribution in [3.8, 4) is 0 Å². The normalized spacial score (nSPS) is 12.5. The zero-order chi connectivity index (χ0) is 14.7. The fourth-order valence-corrected chi connectivity index (χ4v) is 2.70. The van der Waals surface area contributed by atoms with E-state index in [0.29, 0.717) is 5.39 Å². The summed E-state index contributed by atoms with van der Waals surface area (Å²) >= 11 is 0. The van der Waals surface area contributed by atoms with Gasteiger partial charge in [-0.1, -0.05) is 43.3 Å². The molecule has 3 rings (SSSR count). The Kier molecular flexibility index (Phi) is 3.93. The molecule has 21 heavy (non-hydrogen) atoms. The molecule has 0 saturated carbocycles. The van der Waals surface area contributed by atoms with Crippen LogP contribution in [0.5, 0.6) is 0 Å². The van der Waals surface area contributed by atoms with Crippen molar-refractivity contribution >= 4 is 10.8 Å². The van der Waals surface area contributed by atoms with E-state index in [2.05, 4.69) is 17.2 Å². The Hall–Kier alpha value is -2.26.